The van der Waals surface area contributed by atoms with Crippen LogP contribution in [0.5, 0.6) is 23.0 Å². The van der Waals surface area contributed by atoms with E-state index in [1.165, 1.54) is 5.56 Å². The molecule has 0 aliphatic carbocycles. The first-order valence-corrected chi connectivity index (χ1v) is 11.5. The van der Waals surface area contributed by atoms with Crippen LogP contribution in [0, 0.1) is 11.3 Å². The molecular formula is C29H28N2O4. The number of rotatable bonds is 10. The van der Waals surface area contributed by atoms with Gasteiger partial charge in [0.1, 0.15) is 17.4 Å². The largest absolute Gasteiger partial charge is 0.493 e. The van der Waals surface area contributed by atoms with Gasteiger partial charge in [-0.25, -0.2) is 0 Å². The van der Waals surface area contributed by atoms with Crippen LogP contribution in [-0.4, -0.2) is 32.4 Å². The third-order valence-electron chi connectivity index (χ3n) is 5.79. The van der Waals surface area contributed by atoms with Crippen molar-refractivity contribution in [3.63, 3.8) is 0 Å². The van der Waals surface area contributed by atoms with Crippen molar-refractivity contribution in [2.24, 2.45) is 0 Å². The van der Waals surface area contributed by atoms with Gasteiger partial charge in [-0.1, -0.05) is 36.4 Å². The van der Waals surface area contributed by atoms with E-state index < -0.39 is 0 Å². The van der Waals surface area contributed by atoms with Crippen molar-refractivity contribution < 1.29 is 18.9 Å². The molecule has 0 spiro atoms. The van der Waals surface area contributed by atoms with E-state index in [1.807, 2.05) is 55.6 Å². The highest BCUT2D eigenvalue weighted by Gasteiger charge is 2.17. The van der Waals surface area contributed by atoms with Crippen LogP contribution in [0.1, 0.15) is 29.2 Å². The zero-order valence-corrected chi connectivity index (χ0v) is 20.2. The van der Waals surface area contributed by atoms with Gasteiger partial charge < -0.3 is 18.9 Å². The number of aromatic nitrogens is 1. The molecule has 6 nitrogen and oxygen atoms in total. The van der Waals surface area contributed by atoms with Crippen molar-refractivity contribution in [3.8, 4) is 29.1 Å². The van der Waals surface area contributed by atoms with Crippen LogP contribution >= 0.6 is 0 Å². The topological polar surface area (TPSA) is 73.6 Å². The molecule has 0 radical (unpaired) electrons. The summed E-state index contributed by atoms with van der Waals surface area (Å²) in [6, 6.07) is 20.2. The molecule has 178 valence electrons. The molecule has 6 heteroatoms. The van der Waals surface area contributed by atoms with Gasteiger partial charge in [-0.15, -0.1) is 0 Å². The van der Waals surface area contributed by atoms with Crippen LogP contribution < -0.4 is 18.9 Å². The Labute approximate surface area is 205 Å². The first-order chi connectivity index (χ1) is 17.2. The van der Waals surface area contributed by atoms with Gasteiger partial charge in [0.05, 0.1) is 27.4 Å². The highest BCUT2D eigenvalue weighted by molar-refractivity contribution is 5.92. The second kappa shape index (κ2) is 11.3. The lowest BCUT2D eigenvalue weighted by molar-refractivity contribution is 0.277. The van der Waals surface area contributed by atoms with Crippen molar-refractivity contribution in [2.75, 3.05) is 27.4 Å². The Kier molecular flexibility index (Phi) is 7.69. The highest BCUT2D eigenvalue weighted by atomic mass is 16.5. The fourth-order valence-electron chi connectivity index (χ4n) is 4.13. The maximum Gasteiger partial charge on any atom is 0.203 e. The minimum absolute atomic E-state index is 0.493. The van der Waals surface area contributed by atoms with E-state index in [1.54, 1.807) is 20.4 Å². The molecule has 35 heavy (non-hydrogen) atoms. The molecule has 0 fully saturated rings. The maximum atomic E-state index is 9.73. The summed E-state index contributed by atoms with van der Waals surface area (Å²) in [4.78, 5) is 4.40. The second-order valence-corrected chi connectivity index (χ2v) is 7.97. The van der Waals surface area contributed by atoms with Crippen LogP contribution in [0.2, 0.25) is 0 Å². The zero-order chi connectivity index (χ0) is 24.6. The van der Waals surface area contributed by atoms with Crippen LogP contribution in [0.3, 0.4) is 0 Å². The van der Waals surface area contributed by atoms with Gasteiger partial charge in [-0.3, -0.25) is 4.98 Å². The van der Waals surface area contributed by atoms with Crippen LogP contribution in [0.15, 0.2) is 67.0 Å². The Morgan fingerprint density at radius 1 is 0.829 bits per heavy atom. The monoisotopic (exact) mass is 468 g/mol. The van der Waals surface area contributed by atoms with E-state index in [2.05, 4.69) is 23.2 Å². The fourth-order valence-corrected chi connectivity index (χ4v) is 4.13. The highest BCUT2D eigenvalue weighted by Crippen LogP contribution is 2.40. The Balaban J connectivity index is 1.62. The Morgan fingerprint density at radius 2 is 1.57 bits per heavy atom. The Morgan fingerprint density at radius 3 is 2.23 bits per heavy atom. The Bertz CT molecular complexity index is 1320. The summed E-state index contributed by atoms with van der Waals surface area (Å²) >= 11 is 0. The first-order valence-electron chi connectivity index (χ1n) is 11.5. The maximum absolute atomic E-state index is 9.73. The number of fused-ring (bicyclic) bond motifs is 1. The van der Waals surface area contributed by atoms with E-state index in [9.17, 15) is 5.26 Å². The van der Waals surface area contributed by atoms with Crippen LogP contribution in [0.4, 0.5) is 0 Å². The number of nitrogens with zero attached hydrogens (tertiary/aromatic N) is 2. The number of benzene rings is 3. The second-order valence-electron chi connectivity index (χ2n) is 7.97. The standard InChI is InChI=1S/C29H28N2O4/c1-4-34-26-11-10-23-22(18-31-19-25(23)24(26)17-30)14-21-15-27(32-2)29(28(16-21)33-3)35-13-12-20-8-6-5-7-9-20/h5-11,15-16,18-19H,4,12-14H2,1-3H3. The van der Waals surface area contributed by atoms with Gasteiger partial charge in [0.15, 0.2) is 11.5 Å². The molecule has 3 aromatic carbocycles. The van der Waals surface area contributed by atoms with Gasteiger partial charge in [-0.2, -0.15) is 5.26 Å². The van der Waals surface area contributed by atoms with Crippen molar-refractivity contribution in [3.05, 3.63) is 89.2 Å². The quantitative estimate of drug-likeness (QED) is 0.296. The van der Waals surface area contributed by atoms with Crippen molar-refractivity contribution >= 4 is 10.8 Å². The van der Waals surface area contributed by atoms with E-state index in [4.69, 9.17) is 18.9 Å². The number of pyridine rings is 1. The lowest BCUT2D eigenvalue weighted by Gasteiger charge is -2.17. The molecule has 0 N–H and O–H groups in total. The average Bonchev–Trinajstić information content (AvgIpc) is 2.89. The molecule has 4 rings (SSSR count). The van der Waals surface area contributed by atoms with Gasteiger partial charge in [0.2, 0.25) is 5.75 Å². The van der Waals surface area contributed by atoms with E-state index >= 15 is 0 Å². The lowest BCUT2D eigenvalue weighted by Crippen LogP contribution is -2.05. The molecule has 4 aromatic rings. The predicted octanol–water partition coefficient (Wildman–Crippen LogP) is 5.73. The molecule has 0 saturated heterocycles. The molecular weight excluding hydrogens is 440 g/mol. The van der Waals surface area contributed by atoms with E-state index in [0.717, 1.165) is 28.3 Å². The minimum Gasteiger partial charge on any atom is -0.493 e. The molecule has 0 amide bonds. The van der Waals surface area contributed by atoms with E-state index in [-0.39, 0.29) is 0 Å². The van der Waals surface area contributed by atoms with Crippen LogP contribution in [-0.2, 0) is 12.8 Å². The number of hydrogen-bond donors (Lipinski definition) is 0. The smallest absolute Gasteiger partial charge is 0.203 e. The molecule has 0 aliphatic rings. The molecule has 0 unspecified atom stereocenters. The minimum atomic E-state index is 0.493. The average molecular weight is 469 g/mol. The van der Waals surface area contributed by atoms with Gasteiger partial charge in [-0.05, 0) is 53.6 Å². The number of nitriles is 1. The van der Waals surface area contributed by atoms with Crippen molar-refractivity contribution in [2.45, 2.75) is 19.8 Å². The summed E-state index contributed by atoms with van der Waals surface area (Å²) in [6.07, 6.45) is 4.90. The number of hydrogen-bond acceptors (Lipinski definition) is 6. The summed E-state index contributed by atoms with van der Waals surface area (Å²) < 4.78 is 23.0. The van der Waals surface area contributed by atoms with Gasteiger partial charge in [0.25, 0.3) is 0 Å². The zero-order valence-electron chi connectivity index (χ0n) is 20.2. The molecule has 0 aliphatic heterocycles. The molecule has 0 atom stereocenters. The number of ether oxygens (including phenoxy) is 4. The van der Waals surface area contributed by atoms with Crippen molar-refractivity contribution in [1.29, 1.82) is 5.26 Å². The summed E-state index contributed by atoms with van der Waals surface area (Å²) in [5, 5.41) is 11.5. The Hall–Kier alpha value is -4.24. The SMILES string of the molecule is CCOc1ccc2c(Cc3cc(OC)c(OCCc4ccccc4)c(OC)c3)cncc2c1C#N. The summed E-state index contributed by atoms with van der Waals surface area (Å²) in [5.41, 5.74) is 3.67. The summed E-state index contributed by atoms with van der Waals surface area (Å²) in [6.45, 7) is 2.89. The van der Waals surface area contributed by atoms with E-state index in [0.29, 0.717) is 48.2 Å². The predicted molar refractivity (Wildman–Crippen MR) is 136 cm³/mol. The third-order valence-corrected chi connectivity index (χ3v) is 5.79. The molecule has 1 aromatic heterocycles. The van der Waals surface area contributed by atoms with Gasteiger partial charge in [0, 0.05) is 24.2 Å². The van der Waals surface area contributed by atoms with Gasteiger partial charge >= 0.3 is 0 Å². The third kappa shape index (κ3) is 5.30. The molecule has 1 heterocycles. The van der Waals surface area contributed by atoms with Crippen molar-refractivity contribution in [1.82, 2.24) is 4.98 Å². The number of methoxy groups -OCH3 is 2. The molecule has 0 bridgehead atoms. The molecule has 0 saturated carbocycles. The summed E-state index contributed by atoms with van der Waals surface area (Å²) in [7, 11) is 3.24. The normalized spacial score (nSPS) is 10.6. The fraction of sp³-hybridized carbons (Fsp3) is 0.241. The summed E-state index contributed by atoms with van der Waals surface area (Å²) in [5.74, 6) is 2.37. The van der Waals surface area contributed by atoms with Crippen LogP contribution in [0.25, 0.3) is 10.8 Å². The first kappa shape index (κ1) is 23.9. The lowest BCUT2D eigenvalue weighted by atomic mass is 9.97.